The zero-order chi connectivity index (χ0) is 17.0. The van der Waals surface area contributed by atoms with E-state index in [2.05, 4.69) is 0 Å². The fourth-order valence-corrected chi connectivity index (χ4v) is 7.29. The molecule has 0 amide bonds. The van der Waals surface area contributed by atoms with E-state index < -0.39 is 13.3 Å². The number of rotatable bonds is 6. The van der Waals surface area contributed by atoms with E-state index in [9.17, 15) is 9.59 Å². The number of hydrogen-bond donors (Lipinski definition) is 0. The van der Waals surface area contributed by atoms with Gasteiger partial charge in [0.05, 0.1) is 0 Å². The van der Waals surface area contributed by atoms with Crippen LogP contribution in [0.5, 0.6) is 0 Å². The van der Waals surface area contributed by atoms with Gasteiger partial charge in [-0.3, -0.25) is 0 Å². The van der Waals surface area contributed by atoms with Gasteiger partial charge in [-0.15, -0.1) is 0 Å². The molecule has 0 aliphatic heterocycles. The first kappa shape index (κ1) is 18.4. The van der Waals surface area contributed by atoms with E-state index in [4.69, 9.17) is 0 Å². The van der Waals surface area contributed by atoms with E-state index in [1.54, 1.807) is 23.5 Å². The number of hydrogen-bond acceptors (Lipinski definition) is 4. The Labute approximate surface area is 148 Å². The Morgan fingerprint density at radius 2 is 1.00 bits per heavy atom. The monoisotopic (exact) mass is 406 g/mol. The first-order chi connectivity index (χ1) is 10.9. The van der Waals surface area contributed by atoms with Crippen LogP contribution in [0.3, 0.4) is 0 Å². The standard InChI is InChI=1S/C18H20GeO2S2/c1-19(2,17(20)13-5-9-15(22-3)10-6-13)18(21)14-7-11-16(23-4)12-8-14/h5-12H,1-4H3. The third-order valence-corrected chi connectivity index (χ3v) is 11.3. The van der Waals surface area contributed by atoms with Gasteiger partial charge in [-0.2, -0.15) is 0 Å². The molecule has 0 spiro atoms. The molecule has 2 aromatic rings. The van der Waals surface area contributed by atoms with Gasteiger partial charge in [-0.1, -0.05) is 0 Å². The molecule has 23 heavy (non-hydrogen) atoms. The SMILES string of the molecule is CSc1ccc([C](=O)[Ge]([CH3])([CH3])[C](=O)c2ccc(SC)cc2)cc1. The molecule has 0 saturated carbocycles. The molecule has 120 valence electrons. The normalized spacial score (nSPS) is 11.3. The van der Waals surface area contributed by atoms with Crippen LogP contribution in [-0.4, -0.2) is 35.0 Å². The summed E-state index contributed by atoms with van der Waals surface area (Å²) in [5.74, 6) is 3.77. The van der Waals surface area contributed by atoms with Crippen LogP contribution in [0, 0.1) is 0 Å². The first-order valence-corrected chi connectivity index (χ1v) is 16.0. The Balaban J connectivity index is 2.27. The van der Waals surface area contributed by atoms with Gasteiger partial charge in [0.15, 0.2) is 0 Å². The first-order valence-electron chi connectivity index (χ1n) is 7.28. The van der Waals surface area contributed by atoms with Crippen LogP contribution in [0.15, 0.2) is 58.3 Å². The van der Waals surface area contributed by atoms with E-state index in [-0.39, 0.29) is 9.23 Å². The average molecular weight is 405 g/mol. The minimum absolute atomic E-state index is 0.0385. The summed E-state index contributed by atoms with van der Waals surface area (Å²) in [6.45, 7) is 0. The van der Waals surface area contributed by atoms with Crippen molar-refractivity contribution in [3.05, 3.63) is 59.7 Å². The van der Waals surface area contributed by atoms with E-state index in [0.29, 0.717) is 11.1 Å². The van der Waals surface area contributed by atoms with Crippen LogP contribution in [0.4, 0.5) is 0 Å². The van der Waals surface area contributed by atoms with Gasteiger partial charge >= 0.3 is 149 Å². The molecular weight excluding hydrogens is 385 g/mol. The number of thioether (sulfide) groups is 2. The van der Waals surface area contributed by atoms with Crippen LogP contribution in [-0.2, 0) is 0 Å². The molecule has 0 unspecified atom stereocenters. The maximum atomic E-state index is 12.9. The molecule has 5 heteroatoms. The fourth-order valence-electron chi connectivity index (χ4n) is 2.31. The summed E-state index contributed by atoms with van der Waals surface area (Å²) in [4.78, 5) is 27.9. The van der Waals surface area contributed by atoms with Crippen molar-refractivity contribution >= 4 is 46.0 Å². The predicted molar refractivity (Wildman–Crippen MR) is 103 cm³/mol. The predicted octanol–water partition coefficient (Wildman–Crippen LogP) is 4.98. The molecule has 0 radical (unpaired) electrons. The molecule has 2 aromatic carbocycles. The summed E-state index contributed by atoms with van der Waals surface area (Å²) >= 11 is -0.0413. The Morgan fingerprint density at radius 1 is 0.696 bits per heavy atom. The molecular formula is C18H20GeO2S2. The Hall–Kier alpha value is -0.977. The molecule has 0 atom stereocenters. The third kappa shape index (κ3) is 4.11. The molecule has 0 N–H and O–H groups in total. The van der Waals surface area contributed by atoms with Crippen molar-refractivity contribution in [1.29, 1.82) is 0 Å². The zero-order valence-corrected chi connectivity index (χ0v) is 17.5. The summed E-state index contributed by atoms with van der Waals surface area (Å²) in [5.41, 5.74) is 1.31. The van der Waals surface area contributed by atoms with Gasteiger partial charge in [-0.05, 0) is 0 Å². The van der Waals surface area contributed by atoms with Crippen molar-refractivity contribution in [3.8, 4) is 0 Å². The van der Waals surface area contributed by atoms with Gasteiger partial charge in [0, 0.05) is 0 Å². The van der Waals surface area contributed by atoms with Gasteiger partial charge < -0.3 is 0 Å². The van der Waals surface area contributed by atoms with Crippen molar-refractivity contribution in [2.45, 2.75) is 21.3 Å². The van der Waals surface area contributed by atoms with E-state index in [1.807, 2.05) is 72.6 Å². The second kappa shape index (κ2) is 7.73. The molecule has 0 fully saturated rings. The molecule has 0 aliphatic carbocycles. The van der Waals surface area contributed by atoms with Crippen molar-refractivity contribution in [3.63, 3.8) is 0 Å². The van der Waals surface area contributed by atoms with Crippen molar-refractivity contribution in [1.82, 2.24) is 0 Å². The van der Waals surface area contributed by atoms with Gasteiger partial charge in [0.1, 0.15) is 0 Å². The molecule has 0 bridgehead atoms. The van der Waals surface area contributed by atoms with Crippen LogP contribution < -0.4 is 0 Å². The summed E-state index contributed by atoms with van der Waals surface area (Å²) in [6.07, 6.45) is 4.00. The molecule has 0 aliphatic rings. The molecule has 0 heterocycles. The summed E-state index contributed by atoms with van der Waals surface area (Å²) < 4.78 is 0.0770. The molecule has 0 aromatic heterocycles. The topological polar surface area (TPSA) is 34.1 Å². The number of benzene rings is 2. The van der Waals surface area contributed by atoms with E-state index >= 15 is 0 Å². The fraction of sp³-hybridized carbons (Fsp3) is 0.222. The number of carbonyl (C=O) groups excluding carboxylic acids is 2. The summed E-state index contributed by atoms with van der Waals surface area (Å²) in [7, 11) is 0. The second-order valence-corrected chi connectivity index (χ2v) is 16.2. The van der Waals surface area contributed by atoms with Crippen molar-refractivity contribution in [2.24, 2.45) is 0 Å². The van der Waals surface area contributed by atoms with Gasteiger partial charge in [-0.25, -0.2) is 0 Å². The average Bonchev–Trinajstić information content (AvgIpc) is 2.60. The quantitative estimate of drug-likeness (QED) is 0.502. The Bertz CT molecular complexity index is 645. The van der Waals surface area contributed by atoms with Crippen LogP contribution in [0.2, 0.25) is 11.5 Å². The van der Waals surface area contributed by atoms with Crippen molar-refractivity contribution in [2.75, 3.05) is 12.5 Å². The minimum atomic E-state index is -3.32. The Morgan fingerprint density at radius 3 is 1.26 bits per heavy atom. The van der Waals surface area contributed by atoms with Gasteiger partial charge in [0.2, 0.25) is 0 Å². The molecule has 2 nitrogen and oxygen atoms in total. The zero-order valence-electron chi connectivity index (χ0n) is 13.8. The van der Waals surface area contributed by atoms with Crippen LogP contribution in [0.1, 0.15) is 20.7 Å². The van der Waals surface area contributed by atoms with Crippen LogP contribution >= 0.6 is 23.5 Å². The van der Waals surface area contributed by atoms with Crippen LogP contribution in [0.25, 0.3) is 0 Å². The second-order valence-electron chi connectivity index (χ2n) is 5.74. The van der Waals surface area contributed by atoms with Crippen molar-refractivity contribution < 1.29 is 9.59 Å². The molecule has 2 rings (SSSR count). The third-order valence-electron chi connectivity index (χ3n) is 3.84. The van der Waals surface area contributed by atoms with E-state index in [1.165, 1.54) is 0 Å². The number of carbonyl (C=O) groups is 2. The van der Waals surface area contributed by atoms with Gasteiger partial charge in [0.25, 0.3) is 0 Å². The van der Waals surface area contributed by atoms with E-state index in [0.717, 1.165) is 9.79 Å². The maximum absolute atomic E-state index is 12.9. The summed E-state index contributed by atoms with van der Waals surface area (Å²) in [5, 5.41) is 0. The molecule has 0 saturated heterocycles. The Kier molecular flexibility index (Phi) is 6.17. The summed E-state index contributed by atoms with van der Waals surface area (Å²) in [6, 6.07) is 15.1.